The quantitative estimate of drug-likeness (QED) is 0.656. The minimum Gasteiger partial charge on any atom is -0.495 e. The first kappa shape index (κ1) is 17.3. The lowest BCUT2D eigenvalue weighted by molar-refractivity contribution is 0.0954. The van der Waals surface area contributed by atoms with E-state index in [1.807, 2.05) is 0 Å². The number of halogens is 2. The highest BCUT2D eigenvalue weighted by molar-refractivity contribution is 6.36. The molecule has 2 nitrogen and oxygen atoms in total. The van der Waals surface area contributed by atoms with Crippen LogP contribution in [0, 0.1) is 11.3 Å². The van der Waals surface area contributed by atoms with Gasteiger partial charge < -0.3 is 4.74 Å². The van der Waals surface area contributed by atoms with Crippen molar-refractivity contribution in [3.8, 4) is 5.75 Å². The van der Waals surface area contributed by atoms with Gasteiger partial charge in [0.25, 0.3) is 0 Å². The first-order valence-corrected chi connectivity index (χ1v) is 7.46. The third-order valence-corrected chi connectivity index (χ3v) is 3.64. The molecule has 0 amide bonds. The standard InChI is InChI=1S/C16H22Cl2O2/c1-10(9-16(2,3)4)6-14(19)11-7-13(18)15(20-5)8-12(11)17/h7-8,10H,6,9H2,1-5H3. The highest BCUT2D eigenvalue weighted by Crippen LogP contribution is 2.33. The summed E-state index contributed by atoms with van der Waals surface area (Å²) in [4.78, 5) is 12.3. The van der Waals surface area contributed by atoms with Gasteiger partial charge in [0.1, 0.15) is 5.75 Å². The smallest absolute Gasteiger partial charge is 0.164 e. The predicted octanol–water partition coefficient (Wildman–Crippen LogP) is 5.65. The lowest BCUT2D eigenvalue weighted by atomic mass is 9.83. The number of ketones is 1. The Morgan fingerprint density at radius 3 is 2.35 bits per heavy atom. The largest absolute Gasteiger partial charge is 0.495 e. The van der Waals surface area contributed by atoms with Crippen LogP contribution in [0.4, 0.5) is 0 Å². The molecule has 0 radical (unpaired) electrons. The van der Waals surface area contributed by atoms with Crippen LogP contribution in [0.1, 0.15) is 50.9 Å². The van der Waals surface area contributed by atoms with Crippen LogP contribution in [-0.2, 0) is 0 Å². The number of carbonyl (C=O) groups is 1. The van der Waals surface area contributed by atoms with Crippen LogP contribution in [0.3, 0.4) is 0 Å². The minimum absolute atomic E-state index is 0.0244. The van der Waals surface area contributed by atoms with Crippen molar-refractivity contribution in [2.75, 3.05) is 7.11 Å². The zero-order valence-corrected chi connectivity index (χ0v) is 14.2. The molecular formula is C16H22Cl2O2. The lowest BCUT2D eigenvalue weighted by Gasteiger charge is -2.22. The van der Waals surface area contributed by atoms with Gasteiger partial charge in [-0.2, -0.15) is 0 Å². The Hall–Kier alpha value is -0.730. The molecular weight excluding hydrogens is 295 g/mol. The van der Waals surface area contributed by atoms with E-state index in [0.717, 1.165) is 6.42 Å². The molecule has 4 heteroatoms. The van der Waals surface area contributed by atoms with Gasteiger partial charge in [-0.3, -0.25) is 4.79 Å². The molecule has 0 N–H and O–H groups in total. The van der Waals surface area contributed by atoms with E-state index in [1.54, 1.807) is 12.1 Å². The number of carbonyl (C=O) groups excluding carboxylic acids is 1. The van der Waals surface area contributed by atoms with Gasteiger partial charge in [-0.05, 0) is 23.8 Å². The minimum atomic E-state index is 0.0244. The van der Waals surface area contributed by atoms with Gasteiger partial charge in [-0.1, -0.05) is 50.9 Å². The number of benzene rings is 1. The zero-order valence-electron chi connectivity index (χ0n) is 12.7. The molecule has 0 aliphatic heterocycles. The summed E-state index contributed by atoms with van der Waals surface area (Å²) >= 11 is 12.2. The van der Waals surface area contributed by atoms with Crippen molar-refractivity contribution in [2.24, 2.45) is 11.3 Å². The van der Waals surface area contributed by atoms with Gasteiger partial charge in [0.15, 0.2) is 5.78 Å². The van der Waals surface area contributed by atoms with E-state index < -0.39 is 0 Å². The van der Waals surface area contributed by atoms with Crippen LogP contribution >= 0.6 is 23.2 Å². The molecule has 0 aliphatic rings. The number of methoxy groups -OCH3 is 1. The Morgan fingerprint density at radius 1 is 1.25 bits per heavy atom. The highest BCUT2D eigenvalue weighted by atomic mass is 35.5. The fourth-order valence-corrected chi connectivity index (χ4v) is 2.94. The van der Waals surface area contributed by atoms with E-state index in [9.17, 15) is 4.79 Å². The number of hydrogen-bond acceptors (Lipinski definition) is 2. The maximum absolute atomic E-state index is 12.3. The van der Waals surface area contributed by atoms with E-state index in [1.165, 1.54) is 7.11 Å². The van der Waals surface area contributed by atoms with Crippen molar-refractivity contribution < 1.29 is 9.53 Å². The average Bonchev–Trinajstić information content (AvgIpc) is 2.28. The van der Waals surface area contributed by atoms with Crippen molar-refractivity contribution in [3.05, 3.63) is 27.7 Å². The molecule has 0 heterocycles. The molecule has 1 rings (SSSR count). The van der Waals surface area contributed by atoms with Gasteiger partial charge >= 0.3 is 0 Å². The van der Waals surface area contributed by atoms with Crippen molar-refractivity contribution in [3.63, 3.8) is 0 Å². The molecule has 1 unspecified atom stereocenters. The van der Waals surface area contributed by atoms with E-state index in [-0.39, 0.29) is 11.2 Å². The monoisotopic (exact) mass is 316 g/mol. The third-order valence-electron chi connectivity index (χ3n) is 3.04. The Morgan fingerprint density at radius 2 is 1.85 bits per heavy atom. The Balaban J connectivity index is 2.85. The maximum Gasteiger partial charge on any atom is 0.164 e. The second-order valence-corrected chi connectivity index (χ2v) is 7.28. The summed E-state index contributed by atoms with van der Waals surface area (Å²) in [6.45, 7) is 8.60. The normalized spacial score (nSPS) is 13.2. The molecule has 0 saturated carbocycles. The fraction of sp³-hybridized carbons (Fsp3) is 0.562. The summed E-state index contributed by atoms with van der Waals surface area (Å²) < 4.78 is 5.08. The summed E-state index contributed by atoms with van der Waals surface area (Å²) in [6.07, 6.45) is 1.46. The van der Waals surface area contributed by atoms with Crippen LogP contribution < -0.4 is 4.74 Å². The summed E-state index contributed by atoms with van der Waals surface area (Å²) in [6, 6.07) is 3.18. The molecule has 0 aliphatic carbocycles. The van der Waals surface area contributed by atoms with Crippen LogP contribution in [0.2, 0.25) is 10.0 Å². The van der Waals surface area contributed by atoms with Gasteiger partial charge in [-0.25, -0.2) is 0 Å². The number of hydrogen-bond donors (Lipinski definition) is 0. The third kappa shape index (κ3) is 4.99. The van der Waals surface area contributed by atoms with Gasteiger partial charge in [0.2, 0.25) is 0 Å². The summed E-state index contributed by atoms with van der Waals surface area (Å²) in [5.74, 6) is 0.812. The van der Waals surface area contributed by atoms with Crippen molar-refractivity contribution in [1.29, 1.82) is 0 Å². The average molecular weight is 317 g/mol. The molecule has 1 atom stereocenters. The van der Waals surface area contributed by atoms with Crippen molar-refractivity contribution >= 4 is 29.0 Å². The summed E-state index contributed by atoms with van der Waals surface area (Å²) in [7, 11) is 1.52. The first-order chi connectivity index (χ1) is 9.14. The second kappa shape index (κ2) is 6.82. The van der Waals surface area contributed by atoms with E-state index in [4.69, 9.17) is 27.9 Å². The Labute approximate surface area is 131 Å². The zero-order chi connectivity index (χ0) is 15.5. The highest BCUT2D eigenvalue weighted by Gasteiger charge is 2.20. The van der Waals surface area contributed by atoms with Gasteiger partial charge in [0.05, 0.1) is 17.2 Å². The van der Waals surface area contributed by atoms with Crippen LogP contribution in [0.15, 0.2) is 12.1 Å². The second-order valence-electron chi connectivity index (χ2n) is 6.46. The lowest BCUT2D eigenvalue weighted by Crippen LogP contribution is -2.14. The Bertz CT molecular complexity index is 490. The molecule has 0 saturated heterocycles. The number of ether oxygens (including phenoxy) is 1. The molecule has 0 bridgehead atoms. The molecule has 112 valence electrons. The maximum atomic E-state index is 12.3. The number of Topliss-reactive ketones (excluding diaryl/α,β-unsaturated/α-hetero) is 1. The van der Waals surface area contributed by atoms with Crippen LogP contribution in [0.25, 0.3) is 0 Å². The predicted molar refractivity (Wildman–Crippen MR) is 85.2 cm³/mol. The van der Waals surface area contributed by atoms with Gasteiger partial charge in [0, 0.05) is 18.1 Å². The van der Waals surface area contributed by atoms with E-state index in [0.29, 0.717) is 33.7 Å². The summed E-state index contributed by atoms with van der Waals surface area (Å²) in [5.41, 5.74) is 0.680. The molecule has 0 aromatic heterocycles. The first-order valence-electron chi connectivity index (χ1n) is 6.70. The van der Waals surface area contributed by atoms with E-state index in [2.05, 4.69) is 27.7 Å². The molecule has 1 aromatic rings. The molecule has 1 aromatic carbocycles. The SMILES string of the molecule is COc1cc(Cl)c(C(=O)CC(C)CC(C)(C)C)cc1Cl. The van der Waals surface area contributed by atoms with E-state index >= 15 is 0 Å². The van der Waals surface area contributed by atoms with Crippen molar-refractivity contribution in [2.45, 2.75) is 40.5 Å². The molecule has 0 fully saturated rings. The molecule has 0 spiro atoms. The fourth-order valence-electron chi connectivity index (χ4n) is 2.44. The van der Waals surface area contributed by atoms with Crippen molar-refractivity contribution in [1.82, 2.24) is 0 Å². The molecule has 20 heavy (non-hydrogen) atoms. The van der Waals surface area contributed by atoms with Crippen LogP contribution in [-0.4, -0.2) is 12.9 Å². The topological polar surface area (TPSA) is 26.3 Å². The van der Waals surface area contributed by atoms with Gasteiger partial charge in [-0.15, -0.1) is 0 Å². The Kier molecular flexibility index (Phi) is 5.91. The summed E-state index contributed by atoms with van der Waals surface area (Å²) in [5, 5.41) is 0.794. The number of rotatable bonds is 5. The van der Waals surface area contributed by atoms with Crippen LogP contribution in [0.5, 0.6) is 5.75 Å².